The van der Waals surface area contributed by atoms with Gasteiger partial charge in [-0.05, 0) is 77.5 Å². The van der Waals surface area contributed by atoms with Crippen molar-refractivity contribution in [1.29, 1.82) is 0 Å². The first-order valence-corrected chi connectivity index (χ1v) is 12.5. The van der Waals surface area contributed by atoms with Crippen LogP contribution in [0.2, 0.25) is 0 Å². The second-order valence-electron chi connectivity index (χ2n) is 8.68. The monoisotopic (exact) mass is 560 g/mol. The van der Waals surface area contributed by atoms with E-state index < -0.39 is 6.04 Å². The zero-order valence-corrected chi connectivity index (χ0v) is 22.8. The first-order chi connectivity index (χ1) is 19.2. The molecule has 0 radical (unpaired) electrons. The summed E-state index contributed by atoms with van der Waals surface area (Å²) >= 11 is 5.46. The van der Waals surface area contributed by atoms with Gasteiger partial charge in [-0.1, -0.05) is 30.4 Å². The number of ether oxygens (including phenoxy) is 3. The van der Waals surface area contributed by atoms with E-state index in [4.69, 9.17) is 26.4 Å². The number of methoxy groups -OCH3 is 3. The number of hydrogen-bond acceptors (Lipinski definition) is 8. The lowest BCUT2D eigenvalue weighted by Gasteiger charge is -2.30. The average molecular weight is 561 g/mol. The first-order valence-electron chi connectivity index (χ1n) is 12.1. The lowest BCUT2D eigenvalue weighted by atomic mass is 9.91. The molecule has 1 aliphatic rings. The van der Waals surface area contributed by atoms with Gasteiger partial charge in [0.25, 0.3) is 0 Å². The highest BCUT2D eigenvalue weighted by molar-refractivity contribution is 7.80. The molecular formula is C30H28N2O7S. The molecule has 0 saturated carbocycles. The summed E-state index contributed by atoms with van der Waals surface area (Å²) in [6.45, 7) is 0. The van der Waals surface area contributed by atoms with Crippen LogP contribution in [0.3, 0.4) is 0 Å². The van der Waals surface area contributed by atoms with Crippen LogP contribution in [0.5, 0.6) is 34.5 Å². The van der Waals surface area contributed by atoms with E-state index in [1.54, 1.807) is 54.6 Å². The summed E-state index contributed by atoms with van der Waals surface area (Å²) in [6.07, 6.45) is 6.51. The van der Waals surface area contributed by atoms with Crippen LogP contribution in [0, 0.1) is 0 Å². The molecule has 0 aromatic heterocycles. The number of hydrogen-bond donors (Lipinski definition) is 5. The molecule has 1 atom stereocenters. The summed E-state index contributed by atoms with van der Waals surface area (Å²) in [5, 5.41) is 36.4. The molecule has 3 aromatic rings. The molecule has 1 heterocycles. The summed E-state index contributed by atoms with van der Waals surface area (Å²) in [7, 11) is 4.34. The molecule has 0 aliphatic carbocycles. The highest BCUT2D eigenvalue weighted by Crippen LogP contribution is 2.35. The molecular weight excluding hydrogens is 532 g/mol. The summed E-state index contributed by atoms with van der Waals surface area (Å²) in [5.74, 6) is 0.465. The Morgan fingerprint density at radius 1 is 0.775 bits per heavy atom. The number of rotatable bonds is 9. The number of carbonyl (C=O) groups is 1. The van der Waals surface area contributed by atoms with Crippen molar-refractivity contribution < 1.29 is 34.3 Å². The van der Waals surface area contributed by atoms with E-state index in [1.165, 1.54) is 45.6 Å². The molecule has 0 fully saturated rings. The van der Waals surface area contributed by atoms with E-state index in [0.29, 0.717) is 33.3 Å². The molecule has 1 unspecified atom stereocenters. The van der Waals surface area contributed by atoms with Gasteiger partial charge >= 0.3 is 0 Å². The maximum atomic E-state index is 13.8. The van der Waals surface area contributed by atoms with Gasteiger partial charge in [0.15, 0.2) is 45.4 Å². The van der Waals surface area contributed by atoms with Gasteiger partial charge < -0.3 is 40.2 Å². The molecule has 5 N–H and O–H groups in total. The van der Waals surface area contributed by atoms with Crippen molar-refractivity contribution in [2.45, 2.75) is 6.04 Å². The van der Waals surface area contributed by atoms with Gasteiger partial charge in [-0.2, -0.15) is 0 Å². The third-order valence-electron chi connectivity index (χ3n) is 6.18. The predicted octanol–water partition coefficient (Wildman–Crippen LogP) is 4.60. The molecule has 0 amide bonds. The molecule has 1 aliphatic heterocycles. The minimum Gasteiger partial charge on any atom is -0.504 e. The number of carbonyl (C=O) groups excluding carboxylic acids is 1. The standard InChI is InChI=1S/C30H28N2O7S/c1-37-25-14-17(5-10-21(25)33)4-9-20-28(24(36)12-7-18-6-11-22(34)26(15-18)38-2)29(32-30(40)31-20)19-8-13-23(35)27(16-19)39-3/h4-16,29,33-35H,1-3H3,(H2,31,32,40)/b9-4+,12-7+. The van der Waals surface area contributed by atoms with Gasteiger partial charge in [0.1, 0.15) is 0 Å². The molecule has 3 aromatic carbocycles. The van der Waals surface area contributed by atoms with Crippen molar-refractivity contribution in [1.82, 2.24) is 10.6 Å². The van der Waals surface area contributed by atoms with Gasteiger partial charge in [0.2, 0.25) is 0 Å². The molecule has 40 heavy (non-hydrogen) atoms. The zero-order chi connectivity index (χ0) is 28.8. The molecule has 9 nitrogen and oxygen atoms in total. The van der Waals surface area contributed by atoms with Gasteiger partial charge in [-0.25, -0.2) is 0 Å². The Morgan fingerprint density at radius 2 is 1.30 bits per heavy atom. The number of nitrogens with one attached hydrogen (secondary N) is 2. The maximum Gasteiger partial charge on any atom is 0.186 e. The fraction of sp³-hybridized carbons (Fsp3) is 0.133. The van der Waals surface area contributed by atoms with Crippen molar-refractivity contribution in [3.8, 4) is 34.5 Å². The number of allylic oxidation sites excluding steroid dienone is 2. The SMILES string of the molecule is COc1cc(/C=C/C(=O)C2=C(/C=C/c3ccc(O)c(OC)c3)NC(=S)NC2c2ccc(O)c(OC)c2)ccc1O. The Balaban J connectivity index is 1.80. The van der Waals surface area contributed by atoms with Gasteiger partial charge in [-0.3, -0.25) is 4.79 Å². The molecule has 10 heteroatoms. The number of ketones is 1. The molecule has 0 bridgehead atoms. The Morgan fingerprint density at radius 3 is 1.88 bits per heavy atom. The normalized spacial score (nSPS) is 15.2. The van der Waals surface area contributed by atoms with Crippen LogP contribution in [0.4, 0.5) is 0 Å². The maximum absolute atomic E-state index is 13.8. The van der Waals surface area contributed by atoms with Crippen molar-refractivity contribution in [3.63, 3.8) is 0 Å². The Bertz CT molecular complexity index is 1550. The van der Waals surface area contributed by atoms with E-state index in [0.717, 1.165) is 5.56 Å². The lowest BCUT2D eigenvalue weighted by Crippen LogP contribution is -2.45. The predicted molar refractivity (Wildman–Crippen MR) is 156 cm³/mol. The largest absolute Gasteiger partial charge is 0.504 e. The summed E-state index contributed by atoms with van der Waals surface area (Å²) in [6, 6.07) is 13.8. The van der Waals surface area contributed by atoms with Gasteiger partial charge in [0, 0.05) is 11.3 Å². The van der Waals surface area contributed by atoms with Crippen LogP contribution in [0.15, 0.2) is 78.0 Å². The topological polar surface area (TPSA) is 130 Å². The van der Waals surface area contributed by atoms with E-state index in [9.17, 15) is 20.1 Å². The first kappa shape index (κ1) is 28.1. The van der Waals surface area contributed by atoms with Crippen molar-refractivity contribution in [3.05, 3.63) is 94.7 Å². The smallest absolute Gasteiger partial charge is 0.186 e. The molecule has 0 spiro atoms. The molecule has 206 valence electrons. The third-order valence-corrected chi connectivity index (χ3v) is 6.40. The van der Waals surface area contributed by atoms with Crippen molar-refractivity contribution >= 4 is 35.3 Å². The molecule has 4 rings (SSSR count). The quantitative estimate of drug-likeness (QED) is 0.187. The van der Waals surface area contributed by atoms with Gasteiger partial charge in [-0.15, -0.1) is 0 Å². The number of phenols is 3. The summed E-state index contributed by atoms with van der Waals surface area (Å²) < 4.78 is 15.6. The summed E-state index contributed by atoms with van der Waals surface area (Å²) in [5.41, 5.74) is 2.80. The van der Waals surface area contributed by atoms with Crippen LogP contribution in [0.1, 0.15) is 22.7 Å². The van der Waals surface area contributed by atoms with E-state index >= 15 is 0 Å². The second-order valence-corrected chi connectivity index (χ2v) is 9.09. The van der Waals surface area contributed by atoms with E-state index in [1.807, 2.05) is 0 Å². The van der Waals surface area contributed by atoms with Crippen LogP contribution < -0.4 is 24.8 Å². The van der Waals surface area contributed by atoms with Crippen molar-refractivity contribution in [2.75, 3.05) is 21.3 Å². The second kappa shape index (κ2) is 12.3. The fourth-order valence-electron chi connectivity index (χ4n) is 4.15. The highest BCUT2D eigenvalue weighted by atomic mass is 32.1. The number of aromatic hydroxyl groups is 3. The highest BCUT2D eigenvalue weighted by Gasteiger charge is 2.30. The lowest BCUT2D eigenvalue weighted by molar-refractivity contribution is -0.111. The minimum absolute atomic E-state index is 0.00763. The minimum atomic E-state index is -0.677. The third kappa shape index (κ3) is 6.19. The van der Waals surface area contributed by atoms with Crippen molar-refractivity contribution in [2.24, 2.45) is 0 Å². The fourth-order valence-corrected chi connectivity index (χ4v) is 4.38. The number of phenolic OH excluding ortho intramolecular Hbond substituents is 3. The Kier molecular flexibility index (Phi) is 8.60. The Hall–Kier alpha value is -4.96. The summed E-state index contributed by atoms with van der Waals surface area (Å²) in [4.78, 5) is 13.8. The van der Waals surface area contributed by atoms with E-state index in [-0.39, 0.29) is 34.5 Å². The van der Waals surface area contributed by atoms with E-state index in [2.05, 4.69) is 10.6 Å². The zero-order valence-electron chi connectivity index (χ0n) is 22.0. The van der Waals surface area contributed by atoms with Crippen LogP contribution >= 0.6 is 12.2 Å². The molecule has 0 saturated heterocycles. The Labute approximate surface area is 236 Å². The number of thiocarbonyl (C=S) groups is 1. The van der Waals surface area contributed by atoms with Gasteiger partial charge in [0.05, 0.1) is 27.4 Å². The van der Waals surface area contributed by atoms with Crippen LogP contribution in [-0.2, 0) is 4.79 Å². The van der Waals surface area contributed by atoms with Crippen LogP contribution in [0.25, 0.3) is 12.2 Å². The number of benzene rings is 3. The average Bonchev–Trinajstić information content (AvgIpc) is 2.96. The van der Waals surface area contributed by atoms with Crippen LogP contribution in [-0.4, -0.2) is 47.5 Å².